The van der Waals surface area contributed by atoms with Gasteiger partial charge < -0.3 is 0 Å². The lowest BCUT2D eigenvalue weighted by atomic mass is 10.1. The normalized spacial score (nSPS) is 17.5. The minimum absolute atomic E-state index is 0.896. The van der Waals surface area contributed by atoms with Gasteiger partial charge in [0.05, 0.1) is 4.47 Å². The van der Waals surface area contributed by atoms with Crippen LogP contribution in [0.15, 0.2) is 22.0 Å². The van der Waals surface area contributed by atoms with Crippen molar-refractivity contribution >= 4 is 27.7 Å². The molecule has 1 saturated carbocycles. The molecule has 0 saturated heterocycles. The third-order valence-corrected chi connectivity index (χ3v) is 4.04. The molecular weight excluding hydrogens is 260 g/mol. The van der Waals surface area contributed by atoms with Crippen LogP contribution in [0.2, 0.25) is 0 Å². The van der Waals surface area contributed by atoms with Crippen molar-refractivity contribution in [2.24, 2.45) is 5.92 Å². The average molecular weight is 273 g/mol. The third-order valence-electron chi connectivity index (χ3n) is 2.52. The lowest BCUT2D eigenvalue weighted by Crippen LogP contribution is -1.97. The second-order valence-corrected chi connectivity index (χ2v) is 5.55. The maximum absolute atomic E-state index is 4.24. The Balaban J connectivity index is 1.82. The van der Waals surface area contributed by atoms with Gasteiger partial charge in [0.15, 0.2) is 5.16 Å². The first kappa shape index (κ1) is 10.4. The predicted molar refractivity (Wildman–Crippen MR) is 62.4 cm³/mol. The molecule has 0 aliphatic heterocycles. The summed E-state index contributed by atoms with van der Waals surface area (Å²) in [5.41, 5.74) is 0. The zero-order valence-corrected chi connectivity index (χ0v) is 10.4. The summed E-state index contributed by atoms with van der Waals surface area (Å²) < 4.78 is 0.947. The molecule has 0 radical (unpaired) electrons. The molecule has 0 N–H and O–H groups in total. The molecule has 4 heteroatoms. The van der Waals surface area contributed by atoms with Crippen molar-refractivity contribution in [3.63, 3.8) is 0 Å². The van der Waals surface area contributed by atoms with Crippen LogP contribution in [0.3, 0.4) is 0 Å². The molecule has 76 valence electrons. The van der Waals surface area contributed by atoms with E-state index in [1.54, 1.807) is 11.8 Å². The van der Waals surface area contributed by atoms with Crippen LogP contribution in [0, 0.1) is 5.92 Å². The molecular formula is C10H13BrN2S. The van der Waals surface area contributed by atoms with E-state index < -0.39 is 0 Å². The lowest BCUT2D eigenvalue weighted by Gasteiger charge is -2.06. The third kappa shape index (κ3) is 2.95. The number of hydrogen-bond acceptors (Lipinski definition) is 3. The summed E-state index contributed by atoms with van der Waals surface area (Å²) >= 11 is 5.11. The summed E-state index contributed by atoms with van der Waals surface area (Å²) in [6.07, 6.45) is 9.22. The first-order valence-corrected chi connectivity index (χ1v) is 6.73. The Bertz CT molecular complexity index is 283. The van der Waals surface area contributed by atoms with E-state index >= 15 is 0 Å². The maximum Gasteiger partial charge on any atom is 0.187 e. The summed E-state index contributed by atoms with van der Waals surface area (Å²) in [7, 11) is 0. The fourth-order valence-corrected chi connectivity index (χ4v) is 2.92. The minimum atomic E-state index is 0.896. The fraction of sp³-hybridized carbons (Fsp3) is 0.600. The fourth-order valence-electron chi connectivity index (χ4n) is 1.74. The van der Waals surface area contributed by atoms with Gasteiger partial charge in [-0.15, -0.1) is 0 Å². The second-order valence-electron chi connectivity index (χ2n) is 3.65. The van der Waals surface area contributed by atoms with E-state index in [4.69, 9.17) is 0 Å². The van der Waals surface area contributed by atoms with Gasteiger partial charge in [0.1, 0.15) is 0 Å². The van der Waals surface area contributed by atoms with Crippen LogP contribution in [0.1, 0.15) is 25.7 Å². The summed E-state index contributed by atoms with van der Waals surface area (Å²) in [4.78, 5) is 8.49. The molecule has 14 heavy (non-hydrogen) atoms. The number of hydrogen-bond donors (Lipinski definition) is 0. The monoisotopic (exact) mass is 272 g/mol. The quantitative estimate of drug-likeness (QED) is 0.622. The molecule has 0 aromatic carbocycles. The highest BCUT2D eigenvalue weighted by molar-refractivity contribution is 9.10. The molecule has 1 aliphatic rings. The van der Waals surface area contributed by atoms with Crippen molar-refractivity contribution in [1.82, 2.24) is 9.97 Å². The minimum Gasteiger partial charge on any atom is -0.230 e. The molecule has 1 aliphatic carbocycles. The SMILES string of the molecule is Brc1cnc(SCC2CCCC2)nc1. The van der Waals surface area contributed by atoms with Gasteiger partial charge in [0.25, 0.3) is 0 Å². The summed E-state index contributed by atoms with van der Waals surface area (Å²) in [6, 6.07) is 0. The molecule has 0 amide bonds. The van der Waals surface area contributed by atoms with Crippen LogP contribution < -0.4 is 0 Å². The Labute approximate surface area is 97.0 Å². The van der Waals surface area contributed by atoms with Gasteiger partial charge in [-0.25, -0.2) is 9.97 Å². The molecule has 1 aromatic heterocycles. The zero-order valence-electron chi connectivity index (χ0n) is 7.95. The molecule has 2 rings (SSSR count). The Morgan fingerprint density at radius 1 is 1.29 bits per heavy atom. The van der Waals surface area contributed by atoms with Crippen LogP contribution in [0.25, 0.3) is 0 Å². The largest absolute Gasteiger partial charge is 0.230 e. The van der Waals surface area contributed by atoms with Crippen LogP contribution in [0.5, 0.6) is 0 Å². The summed E-state index contributed by atoms with van der Waals surface area (Å²) in [5, 5.41) is 0.903. The zero-order chi connectivity index (χ0) is 9.80. The Morgan fingerprint density at radius 3 is 2.57 bits per heavy atom. The lowest BCUT2D eigenvalue weighted by molar-refractivity contribution is 0.622. The van der Waals surface area contributed by atoms with Crippen LogP contribution in [-0.4, -0.2) is 15.7 Å². The first-order chi connectivity index (χ1) is 6.84. The van der Waals surface area contributed by atoms with E-state index in [9.17, 15) is 0 Å². The van der Waals surface area contributed by atoms with E-state index in [-0.39, 0.29) is 0 Å². The van der Waals surface area contributed by atoms with E-state index in [1.807, 2.05) is 12.4 Å². The smallest absolute Gasteiger partial charge is 0.187 e. The van der Waals surface area contributed by atoms with E-state index in [1.165, 1.54) is 31.4 Å². The Kier molecular flexibility index (Phi) is 3.81. The molecule has 0 bridgehead atoms. The highest BCUT2D eigenvalue weighted by atomic mass is 79.9. The number of rotatable bonds is 3. The van der Waals surface area contributed by atoms with Crippen molar-refractivity contribution in [2.45, 2.75) is 30.8 Å². The summed E-state index contributed by atoms with van der Waals surface area (Å²) in [6.45, 7) is 0. The molecule has 1 fully saturated rings. The number of nitrogens with zero attached hydrogens (tertiary/aromatic N) is 2. The van der Waals surface area contributed by atoms with Crippen LogP contribution in [0.4, 0.5) is 0 Å². The molecule has 2 nitrogen and oxygen atoms in total. The Morgan fingerprint density at radius 2 is 1.93 bits per heavy atom. The van der Waals surface area contributed by atoms with Gasteiger partial charge >= 0.3 is 0 Å². The van der Waals surface area contributed by atoms with Crippen molar-refractivity contribution < 1.29 is 0 Å². The predicted octanol–water partition coefficient (Wildman–Crippen LogP) is 3.52. The van der Waals surface area contributed by atoms with E-state index in [0.717, 1.165) is 15.5 Å². The van der Waals surface area contributed by atoms with Gasteiger partial charge in [-0.3, -0.25) is 0 Å². The Hall–Kier alpha value is -0.0900. The average Bonchev–Trinajstić information content (AvgIpc) is 2.70. The van der Waals surface area contributed by atoms with Gasteiger partial charge in [-0.05, 0) is 34.7 Å². The van der Waals surface area contributed by atoms with Crippen LogP contribution in [-0.2, 0) is 0 Å². The summed E-state index contributed by atoms with van der Waals surface area (Å²) in [5.74, 6) is 2.08. The van der Waals surface area contributed by atoms with Gasteiger partial charge in [0, 0.05) is 18.1 Å². The van der Waals surface area contributed by atoms with Gasteiger partial charge in [-0.2, -0.15) is 0 Å². The van der Waals surface area contributed by atoms with Crippen molar-refractivity contribution in [3.8, 4) is 0 Å². The molecule has 0 atom stereocenters. The molecule has 0 spiro atoms. The first-order valence-electron chi connectivity index (χ1n) is 4.95. The van der Waals surface area contributed by atoms with Gasteiger partial charge in [-0.1, -0.05) is 24.6 Å². The van der Waals surface area contributed by atoms with E-state index in [0.29, 0.717) is 0 Å². The van der Waals surface area contributed by atoms with Gasteiger partial charge in [0.2, 0.25) is 0 Å². The number of aromatic nitrogens is 2. The van der Waals surface area contributed by atoms with Crippen molar-refractivity contribution in [2.75, 3.05) is 5.75 Å². The van der Waals surface area contributed by atoms with Crippen LogP contribution >= 0.6 is 27.7 Å². The highest BCUT2D eigenvalue weighted by Crippen LogP contribution is 2.29. The standard InChI is InChI=1S/C10H13BrN2S/c11-9-5-12-10(13-6-9)14-7-8-3-1-2-4-8/h5-6,8H,1-4,7H2. The second kappa shape index (κ2) is 5.12. The molecule has 1 heterocycles. The molecule has 1 aromatic rings. The van der Waals surface area contributed by atoms with E-state index in [2.05, 4.69) is 25.9 Å². The topological polar surface area (TPSA) is 25.8 Å². The number of thioether (sulfide) groups is 1. The maximum atomic E-state index is 4.24. The van der Waals surface area contributed by atoms with Crippen molar-refractivity contribution in [3.05, 3.63) is 16.9 Å². The highest BCUT2D eigenvalue weighted by Gasteiger charge is 2.15. The van der Waals surface area contributed by atoms with Crippen molar-refractivity contribution in [1.29, 1.82) is 0 Å². The number of halogens is 1. The molecule has 0 unspecified atom stereocenters.